The molecule has 0 aliphatic carbocycles. The van der Waals surface area contributed by atoms with Crippen molar-refractivity contribution in [1.29, 1.82) is 0 Å². The fourth-order valence-corrected chi connectivity index (χ4v) is 3.60. The molecule has 8 heteroatoms. The van der Waals surface area contributed by atoms with E-state index in [9.17, 15) is 14.7 Å². The molecule has 1 aliphatic rings. The van der Waals surface area contributed by atoms with Gasteiger partial charge in [0.1, 0.15) is 17.3 Å². The van der Waals surface area contributed by atoms with Gasteiger partial charge in [-0.05, 0) is 18.2 Å². The zero-order valence-electron chi connectivity index (χ0n) is 17.8. The Morgan fingerprint density at radius 2 is 1.68 bits per heavy atom. The van der Waals surface area contributed by atoms with E-state index in [-0.39, 0.29) is 17.9 Å². The summed E-state index contributed by atoms with van der Waals surface area (Å²) >= 11 is 0. The zero-order chi connectivity index (χ0) is 22.5. The molecule has 0 spiro atoms. The van der Waals surface area contributed by atoms with Crippen LogP contribution in [-0.4, -0.2) is 63.0 Å². The molecule has 8 nitrogen and oxygen atoms in total. The standard InChI is InChI=1S/C23H25NO7/c1-28-15-10-11-17(29-2)16(12-15)20-19(21(25)14-8-6-5-7-9-14)22(26)23(27)24(20)13-18(30-3)31-4/h5-12,18,20,25H,13H2,1-4H3/t20-/m1/s1. The Hall–Kier alpha value is -3.36. The molecule has 0 saturated carbocycles. The van der Waals surface area contributed by atoms with E-state index in [0.717, 1.165) is 0 Å². The monoisotopic (exact) mass is 427 g/mol. The van der Waals surface area contributed by atoms with Crippen molar-refractivity contribution in [3.63, 3.8) is 0 Å². The first-order valence-electron chi connectivity index (χ1n) is 9.58. The van der Waals surface area contributed by atoms with Gasteiger partial charge in [0.05, 0.1) is 32.4 Å². The van der Waals surface area contributed by atoms with Crippen molar-refractivity contribution in [2.24, 2.45) is 0 Å². The second-order valence-electron chi connectivity index (χ2n) is 6.83. The number of benzene rings is 2. The van der Waals surface area contributed by atoms with Gasteiger partial charge in [-0.25, -0.2) is 0 Å². The summed E-state index contributed by atoms with van der Waals surface area (Å²) in [5.74, 6) is -0.907. The molecule has 1 fully saturated rings. The molecule has 0 bridgehead atoms. The van der Waals surface area contributed by atoms with Crippen LogP contribution in [0.2, 0.25) is 0 Å². The number of nitrogens with zero attached hydrogens (tertiary/aromatic N) is 1. The summed E-state index contributed by atoms with van der Waals surface area (Å²) in [5.41, 5.74) is 0.862. The SMILES string of the molecule is COc1ccc(OC)c([C@@H]2C(=C(O)c3ccccc3)C(=O)C(=O)N2CC(OC)OC)c1. The van der Waals surface area contributed by atoms with E-state index in [2.05, 4.69) is 0 Å². The lowest BCUT2D eigenvalue weighted by Crippen LogP contribution is -2.38. The summed E-state index contributed by atoms with van der Waals surface area (Å²) in [6.45, 7) is -0.0336. The van der Waals surface area contributed by atoms with Crippen LogP contribution in [0.3, 0.4) is 0 Å². The van der Waals surface area contributed by atoms with E-state index in [1.54, 1.807) is 48.5 Å². The number of aliphatic hydroxyl groups excluding tert-OH is 1. The molecule has 2 aromatic carbocycles. The summed E-state index contributed by atoms with van der Waals surface area (Å²) in [4.78, 5) is 27.4. The Bertz CT molecular complexity index is 983. The third kappa shape index (κ3) is 4.26. The Morgan fingerprint density at radius 3 is 2.26 bits per heavy atom. The van der Waals surface area contributed by atoms with E-state index in [1.807, 2.05) is 0 Å². The number of carbonyl (C=O) groups excluding carboxylic acids is 2. The van der Waals surface area contributed by atoms with Crippen molar-refractivity contribution in [2.45, 2.75) is 12.3 Å². The second kappa shape index (κ2) is 9.63. The van der Waals surface area contributed by atoms with Gasteiger partial charge in [0.15, 0.2) is 6.29 Å². The third-order valence-electron chi connectivity index (χ3n) is 5.19. The van der Waals surface area contributed by atoms with Crippen molar-refractivity contribution in [3.05, 3.63) is 65.2 Å². The topological polar surface area (TPSA) is 94.5 Å². The largest absolute Gasteiger partial charge is 0.507 e. The number of methoxy groups -OCH3 is 4. The molecule has 31 heavy (non-hydrogen) atoms. The molecular weight excluding hydrogens is 402 g/mol. The van der Waals surface area contributed by atoms with Crippen molar-refractivity contribution >= 4 is 17.4 Å². The molecule has 1 atom stereocenters. The Balaban J connectivity index is 2.25. The van der Waals surface area contributed by atoms with Crippen molar-refractivity contribution in [1.82, 2.24) is 4.90 Å². The maximum absolute atomic E-state index is 13.1. The minimum Gasteiger partial charge on any atom is -0.507 e. The van der Waals surface area contributed by atoms with E-state index in [4.69, 9.17) is 18.9 Å². The van der Waals surface area contributed by atoms with Gasteiger partial charge in [-0.15, -0.1) is 0 Å². The minimum atomic E-state index is -0.932. The van der Waals surface area contributed by atoms with E-state index < -0.39 is 24.0 Å². The first kappa shape index (κ1) is 22.3. The molecule has 1 saturated heterocycles. The first-order valence-corrected chi connectivity index (χ1v) is 9.58. The number of rotatable bonds is 8. The average molecular weight is 427 g/mol. The molecule has 1 heterocycles. The Kier molecular flexibility index (Phi) is 6.94. The zero-order valence-corrected chi connectivity index (χ0v) is 17.8. The maximum Gasteiger partial charge on any atom is 0.295 e. The van der Waals surface area contributed by atoms with Gasteiger partial charge >= 0.3 is 0 Å². The summed E-state index contributed by atoms with van der Waals surface area (Å²) in [6.07, 6.45) is -0.769. The molecule has 3 rings (SSSR count). The van der Waals surface area contributed by atoms with E-state index >= 15 is 0 Å². The summed E-state index contributed by atoms with van der Waals surface area (Å²) in [7, 11) is 5.88. The van der Waals surface area contributed by atoms with Crippen LogP contribution in [0.5, 0.6) is 11.5 Å². The van der Waals surface area contributed by atoms with Crippen molar-refractivity contribution < 1.29 is 33.6 Å². The normalized spacial score (nSPS) is 18.0. The quantitative estimate of drug-likeness (QED) is 0.300. The number of Topliss-reactive ketones (excluding diaryl/α,β-unsaturated/α-hetero) is 1. The molecule has 164 valence electrons. The molecule has 0 unspecified atom stereocenters. The lowest BCUT2D eigenvalue weighted by atomic mass is 9.94. The van der Waals surface area contributed by atoms with Gasteiger partial charge in [-0.3, -0.25) is 9.59 Å². The maximum atomic E-state index is 13.1. The number of carbonyl (C=O) groups is 2. The number of hydrogen-bond donors (Lipinski definition) is 1. The van der Waals surface area contributed by atoms with E-state index in [1.165, 1.54) is 33.3 Å². The van der Waals surface area contributed by atoms with Crippen LogP contribution in [0, 0.1) is 0 Å². The lowest BCUT2D eigenvalue weighted by Gasteiger charge is -2.29. The first-order chi connectivity index (χ1) is 15.0. The average Bonchev–Trinajstić information content (AvgIpc) is 3.06. The highest BCUT2D eigenvalue weighted by Crippen LogP contribution is 2.44. The van der Waals surface area contributed by atoms with Crippen LogP contribution in [-0.2, 0) is 19.1 Å². The lowest BCUT2D eigenvalue weighted by molar-refractivity contribution is -0.149. The highest BCUT2D eigenvalue weighted by Gasteiger charge is 2.48. The number of likely N-dealkylation sites (tertiary alicyclic amines) is 1. The van der Waals surface area contributed by atoms with Crippen LogP contribution < -0.4 is 9.47 Å². The molecule has 1 N–H and O–H groups in total. The number of amides is 1. The molecule has 1 amide bonds. The van der Waals surface area contributed by atoms with Gasteiger partial charge < -0.3 is 29.0 Å². The Labute approximate surface area is 180 Å². The number of hydrogen-bond acceptors (Lipinski definition) is 7. The fourth-order valence-electron chi connectivity index (χ4n) is 3.60. The van der Waals surface area contributed by atoms with Gasteiger partial charge in [0, 0.05) is 25.3 Å². The van der Waals surface area contributed by atoms with Gasteiger partial charge in [-0.1, -0.05) is 30.3 Å². The highest BCUT2D eigenvalue weighted by atomic mass is 16.7. The van der Waals surface area contributed by atoms with E-state index in [0.29, 0.717) is 22.6 Å². The van der Waals surface area contributed by atoms with Crippen molar-refractivity contribution in [3.8, 4) is 11.5 Å². The minimum absolute atomic E-state index is 0.0336. The smallest absolute Gasteiger partial charge is 0.295 e. The second-order valence-corrected chi connectivity index (χ2v) is 6.83. The fraction of sp³-hybridized carbons (Fsp3) is 0.304. The third-order valence-corrected chi connectivity index (χ3v) is 5.19. The van der Waals surface area contributed by atoms with Crippen LogP contribution in [0.25, 0.3) is 5.76 Å². The van der Waals surface area contributed by atoms with Crippen LogP contribution in [0.15, 0.2) is 54.1 Å². The summed E-state index contributed by atoms with van der Waals surface area (Å²) < 4.78 is 21.3. The Morgan fingerprint density at radius 1 is 1.00 bits per heavy atom. The van der Waals surface area contributed by atoms with Crippen LogP contribution >= 0.6 is 0 Å². The van der Waals surface area contributed by atoms with Crippen LogP contribution in [0.4, 0.5) is 0 Å². The summed E-state index contributed by atoms with van der Waals surface area (Å²) in [6, 6.07) is 12.7. The predicted octanol–water partition coefficient (Wildman–Crippen LogP) is 2.74. The van der Waals surface area contributed by atoms with Gasteiger partial charge in [0.25, 0.3) is 11.7 Å². The van der Waals surface area contributed by atoms with Crippen LogP contribution in [0.1, 0.15) is 17.2 Å². The van der Waals surface area contributed by atoms with Gasteiger partial charge in [-0.2, -0.15) is 0 Å². The highest BCUT2D eigenvalue weighted by molar-refractivity contribution is 6.46. The predicted molar refractivity (Wildman–Crippen MR) is 113 cm³/mol. The summed E-state index contributed by atoms with van der Waals surface area (Å²) in [5, 5.41) is 11.0. The van der Waals surface area contributed by atoms with Gasteiger partial charge in [0.2, 0.25) is 0 Å². The molecule has 1 aliphatic heterocycles. The number of aliphatic hydroxyl groups is 1. The molecule has 0 aromatic heterocycles. The number of ketones is 1. The number of ether oxygens (including phenoxy) is 4. The molecule has 0 radical (unpaired) electrons. The van der Waals surface area contributed by atoms with Crippen molar-refractivity contribution in [2.75, 3.05) is 35.0 Å². The molecule has 2 aromatic rings. The molecular formula is C23H25NO7.